The van der Waals surface area contributed by atoms with Gasteiger partial charge in [0.2, 0.25) is 0 Å². The van der Waals surface area contributed by atoms with Gasteiger partial charge in [0.05, 0.1) is 7.11 Å². The van der Waals surface area contributed by atoms with Crippen LogP contribution in [0.15, 0.2) is 24.4 Å². The maximum absolute atomic E-state index is 11.2. The van der Waals surface area contributed by atoms with Crippen molar-refractivity contribution in [3.8, 4) is 0 Å². The first-order chi connectivity index (χ1) is 7.61. The van der Waals surface area contributed by atoms with Crippen LogP contribution in [0.25, 0.3) is 10.9 Å². The lowest BCUT2D eigenvalue weighted by molar-refractivity contribution is -0.141. The molecule has 0 unspecified atom stereocenters. The van der Waals surface area contributed by atoms with Crippen molar-refractivity contribution < 1.29 is 9.53 Å². The number of carbonyl (C=O) groups is 1. The molecule has 3 nitrogen and oxygen atoms in total. The first-order valence-electron chi connectivity index (χ1n) is 5.24. The summed E-state index contributed by atoms with van der Waals surface area (Å²) in [6.07, 6.45) is 1.92. The lowest BCUT2D eigenvalue weighted by Crippen LogP contribution is -2.10. The summed E-state index contributed by atoms with van der Waals surface area (Å²) in [5.74, 6) is -0.226. The highest BCUT2D eigenvalue weighted by molar-refractivity contribution is 5.83. The minimum atomic E-state index is -0.226. The van der Waals surface area contributed by atoms with Crippen LogP contribution >= 0.6 is 0 Å². The highest BCUT2D eigenvalue weighted by atomic mass is 16.5. The van der Waals surface area contributed by atoms with Crippen molar-refractivity contribution in [1.29, 1.82) is 0 Å². The highest BCUT2D eigenvalue weighted by Crippen LogP contribution is 2.20. The van der Waals surface area contributed by atoms with Gasteiger partial charge in [-0.1, -0.05) is 0 Å². The first kappa shape index (κ1) is 10.7. The molecule has 0 radical (unpaired) electrons. The number of nitrogens with zero attached hydrogens (tertiary/aromatic N) is 1. The first-order valence-corrected chi connectivity index (χ1v) is 5.24. The number of ether oxygens (including phenoxy) is 1. The summed E-state index contributed by atoms with van der Waals surface area (Å²) in [6.45, 7) is 4.43. The van der Waals surface area contributed by atoms with Crippen LogP contribution in [0.5, 0.6) is 0 Å². The molecule has 0 fully saturated rings. The molecule has 0 atom stereocenters. The van der Waals surface area contributed by atoms with Crippen molar-refractivity contribution in [3.63, 3.8) is 0 Å². The molecule has 1 aromatic heterocycles. The third kappa shape index (κ3) is 1.81. The standard InChI is InChI=1S/C13H15NO2/c1-9-6-11-4-5-14(8-13(15)16-3)12(11)7-10(9)2/h4-7H,8H2,1-3H3. The molecule has 2 rings (SSSR count). The minimum absolute atomic E-state index is 0.226. The van der Waals surface area contributed by atoms with Crippen LogP contribution in [-0.2, 0) is 16.1 Å². The summed E-state index contributed by atoms with van der Waals surface area (Å²) in [7, 11) is 1.41. The fourth-order valence-electron chi connectivity index (χ4n) is 1.80. The van der Waals surface area contributed by atoms with Crippen LogP contribution in [0, 0.1) is 13.8 Å². The van der Waals surface area contributed by atoms with Gasteiger partial charge in [0.1, 0.15) is 6.54 Å². The maximum atomic E-state index is 11.2. The van der Waals surface area contributed by atoms with Crippen LogP contribution < -0.4 is 0 Å². The molecule has 0 amide bonds. The van der Waals surface area contributed by atoms with Gasteiger partial charge in [-0.25, -0.2) is 0 Å². The molecule has 3 heteroatoms. The second-order valence-corrected chi connectivity index (χ2v) is 4.02. The molecule has 2 aromatic rings. The van der Waals surface area contributed by atoms with Gasteiger partial charge in [-0.2, -0.15) is 0 Å². The second kappa shape index (κ2) is 4.00. The zero-order valence-electron chi connectivity index (χ0n) is 9.78. The number of esters is 1. The van der Waals surface area contributed by atoms with Gasteiger partial charge in [0, 0.05) is 11.7 Å². The molecule has 84 valence electrons. The van der Waals surface area contributed by atoms with E-state index in [-0.39, 0.29) is 12.5 Å². The number of carbonyl (C=O) groups excluding carboxylic acids is 1. The molecule has 0 aliphatic heterocycles. The summed E-state index contributed by atoms with van der Waals surface area (Å²) in [5, 5.41) is 1.16. The van der Waals surface area contributed by atoms with E-state index in [0.717, 1.165) is 10.9 Å². The number of methoxy groups -OCH3 is 1. The van der Waals surface area contributed by atoms with E-state index in [1.165, 1.54) is 18.2 Å². The molecule has 0 aliphatic rings. The molecule has 0 bridgehead atoms. The predicted octanol–water partition coefficient (Wildman–Crippen LogP) is 2.43. The Morgan fingerprint density at radius 3 is 2.69 bits per heavy atom. The Morgan fingerprint density at radius 1 is 1.31 bits per heavy atom. The molecule has 16 heavy (non-hydrogen) atoms. The average molecular weight is 217 g/mol. The third-order valence-electron chi connectivity index (χ3n) is 2.91. The minimum Gasteiger partial charge on any atom is -0.468 e. The summed E-state index contributed by atoms with van der Waals surface area (Å²) in [6, 6.07) is 6.26. The van der Waals surface area contributed by atoms with Crippen molar-refractivity contribution in [2.24, 2.45) is 0 Å². The SMILES string of the molecule is COC(=O)Cn1ccc2cc(C)c(C)cc21. The van der Waals surface area contributed by atoms with Crippen LogP contribution in [-0.4, -0.2) is 17.6 Å². The molecule has 0 aliphatic carbocycles. The maximum Gasteiger partial charge on any atom is 0.325 e. The molecule has 0 saturated carbocycles. The van der Waals surface area contributed by atoms with Gasteiger partial charge in [-0.3, -0.25) is 4.79 Å². The van der Waals surface area contributed by atoms with Crippen molar-refractivity contribution in [2.75, 3.05) is 7.11 Å². The fraction of sp³-hybridized carbons (Fsp3) is 0.308. The summed E-state index contributed by atoms with van der Waals surface area (Å²) < 4.78 is 6.58. The van der Waals surface area contributed by atoms with Crippen LogP contribution in [0.1, 0.15) is 11.1 Å². The Balaban J connectivity index is 2.48. The van der Waals surface area contributed by atoms with E-state index < -0.39 is 0 Å². The Hall–Kier alpha value is -1.77. The monoisotopic (exact) mass is 217 g/mol. The number of aryl methyl sites for hydroxylation is 2. The third-order valence-corrected chi connectivity index (χ3v) is 2.91. The lowest BCUT2D eigenvalue weighted by atomic mass is 10.1. The normalized spacial score (nSPS) is 10.7. The van der Waals surface area contributed by atoms with E-state index in [9.17, 15) is 4.79 Å². The van der Waals surface area contributed by atoms with Crippen molar-refractivity contribution >= 4 is 16.9 Å². The van der Waals surface area contributed by atoms with Gasteiger partial charge in [-0.15, -0.1) is 0 Å². The number of rotatable bonds is 2. The predicted molar refractivity (Wildman–Crippen MR) is 63.4 cm³/mol. The molecular weight excluding hydrogens is 202 g/mol. The van der Waals surface area contributed by atoms with E-state index >= 15 is 0 Å². The lowest BCUT2D eigenvalue weighted by Gasteiger charge is -2.05. The Morgan fingerprint density at radius 2 is 2.00 bits per heavy atom. The van der Waals surface area contributed by atoms with E-state index in [1.54, 1.807) is 0 Å². The van der Waals surface area contributed by atoms with Crippen molar-refractivity contribution in [2.45, 2.75) is 20.4 Å². The van der Waals surface area contributed by atoms with Gasteiger partial charge < -0.3 is 9.30 Å². The zero-order chi connectivity index (χ0) is 11.7. The number of fused-ring (bicyclic) bond motifs is 1. The summed E-state index contributed by atoms with van der Waals surface area (Å²) >= 11 is 0. The summed E-state index contributed by atoms with van der Waals surface area (Å²) in [5.41, 5.74) is 3.58. The number of benzene rings is 1. The van der Waals surface area contributed by atoms with Crippen LogP contribution in [0.2, 0.25) is 0 Å². The number of aromatic nitrogens is 1. The molecule has 0 N–H and O–H groups in total. The van der Waals surface area contributed by atoms with Gasteiger partial charge in [0.15, 0.2) is 0 Å². The van der Waals surface area contributed by atoms with Gasteiger partial charge in [0.25, 0.3) is 0 Å². The largest absolute Gasteiger partial charge is 0.468 e. The molecular formula is C13H15NO2. The van der Waals surface area contributed by atoms with Gasteiger partial charge >= 0.3 is 5.97 Å². The fourth-order valence-corrected chi connectivity index (χ4v) is 1.80. The van der Waals surface area contributed by atoms with Crippen LogP contribution in [0.4, 0.5) is 0 Å². The van der Waals surface area contributed by atoms with E-state index in [4.69, 9.17) is 0 Å². The van der Waals surface area contributed by atoms with Crippen molar-refractivity contribution in [1.82, 2.24) is 4.57 Å². The topological polar surface area (TPSA) is 31.2 Å². The second-order valence-electron chi connectivity index (χ2n) is 4.02. The molecule has 0 spiro atoms. The van der Waals surface area contributed by atoms with E-state index in [2.05, 4.69) is 30.7 Å². The van der Waals surface area contributed by atoms with Gasteiger partial charge in [-0.05, 0) is 48.6 Å². The average Bonchev–Trinajstić information content (AvgIpc) is 2.62. The van der Waals surface area contributed by atoms with E-state index in [1.807, 2.05) is 16.8 Å². The molecule has 1 aromatic carbocycles. The Kier molecular flexibility index (Phi) is 2.69. The molecule has 0 saturated heterocycles. The molecule has 1 heterocycles. The number of hydrogen-bond acceptors (Lipinski definition) is 2. The number of hydrogen-bond donors (Lipinski definition) is 0. The van der Waals surface area contributed by atoms with Crippen molar-refractivity contribution in [3.05, 3.63) is 35.5 Å². The van der Waals surface area contributed by atoms with E-state index in [0.29, 0.717) is 0 Å². The highest BCUT2D eigenvalue weighted by Gasteiger charge is 2.07. The smallest absolute Gasteiger partial charge is 0.325 e. The zero-order valence-corrected chi connectivity index (χ0v) is 9.78. The summed E-state index contributed by atoms with van der Waals surface area (Å²) in [4.78, 5) is 11.2. The Bertz CT molecular complexity index is 540. The quantitative estimate of drug-likeness (QED) is 0.723. The van der Waals surface area contributed by atoms with Crippen LogP contribution in [0.3, 0.4) is 0 Å². The Labute approximate surface area is 94.6 Å².